The molecule has 0 bridgehead atoms. The Morgan fingerprint density at radius 2 is 0.596 bits per heavy atom. The molecule has 0 aliphatic carbocycles. The van der Waals surface area contributed by atoms with E-state index in [-0.39, 0.29) is 11.3 Å². The molecule has 0 saturated heterocycles. The van der Waals surface area contributed by atoms with Gasteiger partial charge in [0, 0.05) is 22.7 Å². The van der Waals surface area contributed by atoms with Crippen LogP contribution in [-0.2, 0) is 11.1 Å². The fourth-order valence-corrected chi connectivity index (χ4v) is 12.5. The fourth-order valence-electron chi connectivity index (χ4n) is 7.25. The van der Waals surface area contributed by atoms with Crippen LogP contribution in [0, 0.1) is 0 Å². The molecule has 6 aromatic rings. The van der Waals surface area contributed by atoms with Crippen LogP contribution in [0.15, 0.2) is 192 Å². The average molecular weight is 717 g/mol. The Labute approximate surface area is 314 Å². The number of hydrogen-bond acceptors (Lipinski definition) is 2. The van der Waals surface area contributed by atoms with Gasteiger partial charge in [0.2, 0.25) is 0 Å². The van der Waals surface area contributed by atoms with E-state index >= 15 is 0 Å². The van der Waals surface area contributed by atoms with Crippen LogP contribution in [0.3, 0.4) is 0 Å². The minimum absolute atomic E-state index is 0.191. The molecule has 0 aliphatic heterocycles. The van der Waals surface area contributed by atoms with Crippen molar-refractivity contribution in [2.75, 3.05) is 0 Å². The standard InChI is InChI=1S/C48H50N2P2/c1-37(39(3)51(43-29-17-9-18-30-43)44-31-19-10-20-32-44)49-47(5,41-25-13-7-14-26-41)48(6,42-27-15-8-16-28-42)50-38(2)40(4)52(45-33-21-11-22-34-45)46-35-23-12-24-36-46/h7-36,39-40H,1-6H3/t39?,40?,47-,48-/m0/s1. The lowest BCUT2D eigenvalue weighted by Gasteiger charge is -2.44. The molecular weight excluding hydrogens is 666 g/mol. The van der Waals surface area contributed by atoms with Crippen molar-refractivity contribution in [2.24, 2.45) is 9.98 Å². The zero-order chi connectivity index (χ0) is 36.6. The van der Waals surface area contributed by atoms with Gasteiger partial charge in [0.25, 0.3) is 0 Å². The number of rotatable bonds is 13. The second-order valence-electron chi connectivity index (χ2n) is 13.8. The Bertz CT molecular complexity index is 1820. The summed E-state index contributed by atoms with van der Waals surface area (Å²) in [5, 5.41) is 5.43. The normalized spacial score (nSPS) is 15.8. The first kappa shape index (κ1) is 37.3. The topological polar surface area (TPSA) is 24.7 Å². The molecule has 2 unspecified atom stereocenters. The summed E-state index contributed by atoms with van der Waals surface area (Å²) in [5.74, 6) is 0. The van der Waals surface area contributed by atoms with Crippen molar-refractivity contribution >= 4 is 48.5 Å². The number of benzene rings is 6. The van der Waals surface area contributed by atoms with E-state index in [0.29, 0.717) is 0 Å². The molecule has 0 amide bonds. The summed E-state index contributed by atoms with van der Waals surface area (Å²) in [6.45, 7) is 13.8. The first-order valence-electron chi connectivity index (χ1n) is 18.3. The quantitative estimate of drug-likeness (QED) is 0.0840. The molecule has 0 N–H and O–H groups in total. The molecule has 4 heteroatoms. The van der Waals surface area contributed by atoms with Gasteiger partial charge in [0.15, 0.2) is 0 Å². The van der Waals surface area contributed by atoms with Gasteiger partial charge in [-0.15, -0.1) is 0 Å². The lowest BCUT2D eigenvalue weighted by atomic mass is 9.70. The van der Waals surface area contributed by atoms with Crippen molar-refractivity contribution < 1.29 is 0 Å². The third-order valence-corrected chi connectivity index (χ3v) is 16.3. The SMILES string of the molecule is CC(=N[C@@](C)(c1ccccc1)[C@@](C)(N=C(C)C(C)P(c1ccccc1)c1ccccc1)c1ccccc1)C(C)P(c1ccccc1)c1ccccc1. The highest BCUT2D eigenvalue weighted by atomic mass is 31.1. The maximum absolute atomic E-state index is 5.90. The molecule has 0 fully saturated rings. The van der Waals surface area contributed by atoms with Crippen LogP contribution in [0.4, 0.5) is 0 Å². The van der Waals surface area contributed by atoms with Gasteiger partial charge in [-0.25, -0.2) is 0 Å². The Balaban J connectivity index is 1.53. The number of nitrogens with zero attached hydrogens (tertiary/aromatic N) is 2. The summed E-state index contributed by atoms with van der Waals surface area (Å²) in [7, 11) is -1.43. The molecular formula is C48H50N2P2. The molecule has 0 aromatic heterocycles. The van der Waals surface area contributed by atoms with Crippen molar-refractivity contribution in [3.05, 3.63) is 193 Å². The first-order chi connectivity index (χ1) is 25.2. The Morgan fingerprint density at radius 3 is 0.827 bits per heavy atom. The van der Waals surface area contributed by atoms with Gasteiger partial charge in [-0.2, -0.15) is 0 Å². The molecule has 0 aliphatic rings. The van der Waals surface area contributed by atoms with Crippen molar-refractivity contribution in [3.63, 3.8) is 0 Å². The minimum Gasteiger partial charge on any atom is -0.280 e. The molecule has 52 heavy (non-hydrogen) atoms. The maximum atomic E-state index is 5.90. The zero-order valence-electron chi connectivity index (χ0n) is 31.3. The predicted molar refractivity (Wildman–Crippen MR) is 231 cm³/mol. The summed E-state index contributed by atoms with van der Waals surface area (Å²) in [4.78, 5) is 11.8. The van der Waals surface area contributed by atoms with E-state index in [0.717, 1.165) is 22.6 Å². The van der Waals surface area contributed by atoms with Crippen LogP contribution in [0.2, 0.25) is 0 Å². The highest BCUT2D eigenvalue weighted by molar-refractivity contribution is 7.74. The lowest BCUT2D eigenvalue weighted by molar-refractivity contribution is 0.273. The second kappa shape index (κ2) is 16.9. The number of aliphatic imine (C=N–C) groups is 2. The Hall–Kier alpha value is -4.48. The molecule has 0 heterocycles. The van der Waals surface area contributed by atoms with Gasteiger partial charge >= 0.3 is 0 Å². The highest BCUT2D eigenvalue weighted by Crippen LogP contribution is 2.50. The van der Waals surface area contributed by atoms with E-state index in [1.165, 1.54) is 21.2 Å². The van der Waals surface area contributed by atoms with Gasteiger partial charge in [-0.1, -0.05) is 196 Å². The van der Waals surface area contributed by atoms with E-state index in [2.05, 4.69) is 224 Å². The lowest BCUT2D eigenvalue weighted by Crippen LogP contribution is -2.45. The molecule has 0 spiro atoms. The van der Waals surface area contributed by atoms with Crippen LogP contribution in [0.1, 0.15) is 52.7 Å². The van der Waals surface area contributed by atoms with Crippen LogP contribution in [-0.4, -0.2) is 22.7 Å². The molecule has 6 rings (SSSR count). The largest absolute Gasteiger partial charge is 0.280 e. The second-order valence-corrected chi connectivity index (χ2v) is 18.9. The van der Waals surface area contributed by atoms with Gasteiger partial charge in [0.1, 0.15) is 11.1 Å². The molecule has 6 aromatic carbocycles. The average Bonchev–Trinajstić information content (AvgIpc) is 3.20. The van der Waals surface area contributed by atoms with Crippen molar-refractivity contribution in [3.8, 4) is 0 Å². The minimum atomic E-state index is -0.731. The highest BCUT2D eigenvalue weighted by Gasteiger charge is 2.48. The predicted octanol–water partition coefficient (Wildman–Crippen LogP) is 10.8. The van der Waals surface area contributed by atoms with Crippen molar-refractivity contribution in [2.45, 2.75) is 63.9 Å². The molecule has 0 saturated carbocycles. The van der Waals surface area contributed by atoms with Crippen LogP contribution < -0.4 is 21.2 Å². The van der Waals surface area contributed by atoms with Gasteiger partial charge in [-0.3, -0.25) is 9.98 Å². The summed E-state index contributed by atoms with van der Waals surface area (Å²) in [6, 6.07) is 65.6. The zero-order valence-corrected chi connectivity index (χ0v) is 33.1. The molecule has 262 valence electrons. The Morgan fingerprint density at radius 1 is 0.385 bits per heavy atom. The summed E-state index contributed by atoms with van der Waals surface area (Å²) in [5.41, 5.74) is 3.47. The Kier molecular flexibility index (Phi) is 12.1. The monoisotopic (exact) mass is 716 g/mol. The molecule has 4 atom stereocenters. The number of hydrogen-bond donors (Lipinski definition) is 0. The fraction of sp³-hybridized carbons (Fsp3) is 0.208. The van der Waals surface area contributed by atoms with Crippen molar-refractivity contribution in [1.82, 2.24) is 0 Å². The van der Waals surface area contributed by atoms with E-state index < -0.39 is 26.9 Å². The smallest absolute Gasteiger partial charge is 0.112 e. The van der Waals surface area contributed by atoms with Gasteiger partial charge in [0.05, 0.1) is 0 Å². The summed E-state index contributed by atoms with van der Waals surface area (Å²) in [6.07, 6.45) is 0. The first-order valence-corrected chi connectivity index (χ1v) is 21.1. The molecule has 2 nitrogen and oxygen atoms in total. The van der Waals surface area contributed by atoms with Crippen LogP contribution in [0.25, 0.3) is 0 Å². The van der Waals surface area contributed by atoms with E-state index in [1.54, 1.807) is 0 Å². The van der Waals surface area contributed by atoms with E-state index in [1.807, 2.05) is 0 Å². The van der Waals surface area contributed by atoms with Crippen molar-refractivity contribution in [1.29, 1.82) is 0 Å². The van der Waals surface area contributed by atoms with Crippen LogP contribution in [0.5, 0.6) is 0 Å². The third-order valence-electron chi connectivity index (χ3n) is 10.5. The molecule has 0 radical (unpaired) electrons. The van der Waals surface area contributed by atoms with E-state index in [9.17, 15) is 0 Å². The maximum Gasteiger partial charge on any atom is 0.112 e. The van der Waals surface area contributed by atoms with Gasteiger partial charge < -0.3 is 0 Å². The summed E-state index contributed by atoms with van der Waals surface area (Å²) < 4.78 is 0. The van der Waals surface area contributed by atoms with Crippen LogP contribution >= 0.6 is 15.8 Å². The third kappa shape index (κ3) is 7.95. The van der Waals surface area contributed by atoms with Gasteiger partial charge in [-0.05, 0) is 75.9 Å². The summed E-state index contributed by atoms with van der Waals surface area (Å²) >= 11 is 0. The van der Waals surface area contributed by atoms with E-state index in [4.69, 9.17) is 9.98 Å².